The van der Waals surface area contributed by atoms with Gasteiger partial charge < -0.3 is 10.2 Å². The fraction of sp³-hybridized carbons (Fsp3) is 0.368. The van der Waals surface area contributed by atoms with E-state index in [1.165, 1.54) is 12.5 Å². The van der Waals surface area contributed by atoms with Crippen LogP contribution in [0.3, 0.4) is 0 Å². The van der Waals surface area contributed by atoms with Crippen LogP contribution in [-0.4, -0.2) is 18.1 Å². The molecule has 1 aliphatic heterocycles. The first-order valence-corrected chi connectivity index (χ1v) is 8.52. The summed E-state index contributed by atoms with van der Waals surface area (Å²) in [6.07, 6.45) is 0.822. The van der Waals surface area contributed by atoms with Gasteiger partial charge in [-0.1, -0.05) is 0 Å². The van der Waals surface area contributed by atoms with Crippen LogP contribution in [0.15, 0.2) is 36.5 Å². The van der Waals surface area contributed by atoms with Crippen LogP contribution in [0, 0.1) is 11.3 Å². The molecular formula is C19H19F3N4. The minimum Gasteiger partial charge on any atom is -0.380 e. The van der Waals surface area contributed by atoms with Crippen molar-refractivity contribution in [3.05, 3.63) is 53.2 Å². The summed E-state index contributed by atoms with van der Waals surface area (Å²) in [7, 11) is 0. The summed E-state index contributed by atoms with van der Waals surface area (Å²) in [5.41, 5.74) is 0.502. The van der Waals surface area contributed by atoms with E-state index < -0.39 is 11.7 Å². The number of benzene rings is 1. The number of aromatic nitrogens is 1. The van der Waals surface area contributed by atoms with E-state index in [9.17, 15) is 13.2 Å². The number of pyridine rings is 1. The predicted octanol–water partition coefficient (Wildman–Crippen LogP) is 4.57. The zero-order valence-corrected chi connectivity index (χ0v) is 14.2. The summed E-state index contributed by atoms with van der Waals surface area (Å²) >= 11 is 0. The van der Waals surface area contributed by atoms with Crippen LogP contribution in [0.5, 0.6) is 0 Å². The first-order valence-electron chi connectivity index (χ1n) is 8.52. The van der Waals surface area contributed by atoms with E-state index in [0.717, 1.165) is 49.4 Å². The molecule has 1 aliphatic rings. The number of piperidine rings is 1. The van der Waals surface area contributed by atoms with Gasteiger partial charge in [0.15, 0.2) is 0 Å². The van der Waals surface area contributed by atoms with Gasteiger partial charge in [-0.15, -0.1) is 0 Å². The number of anilines is 2. The molecule has 7 heteroatoms. The summed E-state index contributed by atoms with van der Waals surface area (Å²) in [6, 6.07) is 8.81. The van der Waals surface area contributed by atoms with Gasteiger partial charge in [-0.25, -0.2) is 4.98 Å². The van der Waals surface area contributed by atoms with Crippen molar-refractivity contribution >= 4 is 11.5 Å². The summed E-state index contributed by atoms with van der Waals surface area (Å²) in [5.74, 6) is 0.914. The lowest BCUT2D eigenvalue weighted by molar-refractivity contribution is -0.137. The quantitative estimate of drug-likeness (QED) is 0.867. The van der Waals surface area contributed by atoms with Crippen LogP contribution in [0.4, 0.5) is 24.7 Å². The maximum Gasteiger partial charge on any atom is 0.416 e. The number of hydrogen-bond donors (Lipinski definition) is 1. The van der Waals surface area contributed by atoms with E-state index in [0.29, 0.717) is 12.2 Å². The van der Waals surface area contributed by atoms with Crippen molar-refractivity contribution < 1.29 is 13.2 Å². The highest BCUT2D eigenvalue weighted by molar-refractivity contribution is 5.59. The van der Waals surface area contributed by atoms with Crippen molar-refractivity contribution in [1.29, 1.82) is 5.26 Å². The van der Waals surface area contributed by atoms with Gasteiger partial charge in [0.05, 0.1) is 16.8 Å². The summed E-state index contributed by atoms with van der Waals surface area (Å²) in [5, 5.41) is 12.2. The number of hydrogen-bond acceptors (Lipinski definition) is 4. The summed E-state index contributed by atoms with van der Waals surface area (Å²) in [6.45, 7) is 2.38. The Morgan fingerprint density at radius 3 is 2.58 bits per heavy atom. The Bertz CT molecular complexity index is 805. The highest BCUT2D eigenvalue weighted by atomic mass is 19.4. The summed E-state index contributed by atoms with van der Waals surface area (Å²) in [4.78, 5) is 6.65. The van der Waals surface area contributed by atoms with Crippen LogP contribution in [0.2, 0.25) is 0 Å². The number of halogens is 3. The van der Waals surface area contributed by atoms with E-state index >= 15 is 0 Å². The highest BCUT2D eigenvalue weighted by Gasteiger charge is 2.31. The topological polar surface area (TPSA) is 52.0 Å². The second kappa shape index (κ2) is 7.65. The van der Waals surface area contributed by atoms with Crippen molar-refractivity contribution in [2.75, 3.05) is 23.3 Å². The number of nitrogens with zero attached hydrogens (tertiary/aromatic N) is 3. The number of alkyl halides is 3. The fourth-order valence-electron chi connectivity index (χ4n) is 3.03. The molecule has 1 fully saturated rings. The third kappa shape index (κ3) is 4.26. The van der Waals surface area contributed by atoms with Crippen molar-refractivity contribution in [2.45, 2.75) is 32.0 Å². The van der Waals surface area contributed by atoms with Gasteiger partial charge in [0, 0.05) is 25.8 Å². The Labute approximate surface area is 150 Å². The van der Waals surface area contributed by atoms with Crippen molar-refractivity contribution in [3.8, 4) is 6.07 Å². The molecule has 1 aromatic carbocycles. The molecule has 0 atom stereocenters. The Hall–Kier alpha value is -2.75. The molecule has 2 heterocycles. The molecule has 1 aromatic heterocycles. The maximum absolute atomic E-state index is 12.8. The lowest BCUT2D eigenvalue weighted by Gasteiger charge is -2.28. The average molecular weight is 360 g/mol. The first kappa shape index (κ1) is 18.1. The molecule has 3 rings (SSSR count). The third-order valence-electron chi connectivity index (χ3n) is 4.44. The van der Waals surface area contributed by atoms with E-state index in [2.05, 4.69) is 15.2 Å². The molecular weight excluding hydrogens is 341 g/mol. The van der Waals surface area contributed by atoms with Crippen molar-refractivity contribution in [1.82, 2.24) is 4.98 Å². The Kier molecular flexibility index (Phi) is 5.31. The second-order valence-corrected chi connectivity index (χ2v) is 6.29. The third-order valence-corrected chi connectivity index (χ3v) is 4.44. The highest BCUT2D eigenvalue weighted by Crippen LogP contribution is 2.31. The standard InChI is InChI=1S/C19H19F3N4/c20-19(21,22)16-4-5-17(15(11-16)12-23)25-13-14-6-7-24-18(10-14)26-8-2-1-3-9-26/h4-7,10-11,25H,1-3,8-9,13H2. The zero-order valence-electron chi connectivity index (χ0n) is 14.2. The number of nitrogens with one attached hydrogen (secondary N) is 1. The van der Waals surface area contributed by atoms with Gasteiger partial charge in [0.2, 0.25) is 0 Å². The maximum atomic E-state index is 12.8. The Morgan fingerprint density at radius 1 is 1.12 bits per heavy atom. The molecule has 1 N–H and O–H groups in total. The average Bonchev–Trinajstić information content (AvgIpc) is 2.66. The molecule has 0 aliphatic carbocycles. The largest absolute Gasteiger partial charge is 0.416 e. The van der Waals surface area contributed by atoms with Crippen LogP contribution >= 0.6 is 0 Å². The zero-order chi connectivity index (χ0) is 18.6. The van der Waals surface area contributed by atoms with Gasteiger partial charge in [-0.05, 0) is 55.2 Å². The molecule has 0 bridgehead atoms. The molecule has 0 amide bonds. The minimum atomic E-state index is -4.46. The van der Waals surface area contributed by atoms with Crippen LogP contribution < -0.4 is 10.2 Å². The van der Waals surface area contributed by atoms with Gasteiger partial charge in [0.25, 0.3) is 0 Å². The van der Waals surface area contributed by atoms with Gasteiger partial charge in [-0.2, -0.15) is 18.4 Å². The summed E-state index contributed by atoms with van der Waals surface area (Å²) < 4.78 is 38.3. The monoisotopic (exact) mass is 360 g/mol. The minimum absolute atomic E-state index is 0.0230. The van der Waals surface area contributed by atoms with Gasteiger partial charge in [0.1, 0.15) is 11.9 Å². The van der Waals surface area contributed by atoms with Gasteiger partial charge in [-0.3, -0.25) is 0 Å². The Balaban J connectivity index is 1.72. The lowest BCUT2D eigenvalue weighted by Crippen LogP contribution is -2.30. The molecule has 0 radical (unpaired) electrons. The van der Waals surface area contributed by atoms with Gasteiger partial charge >= 0.3 is 6.18 Å². The molecule has 0 saturated carbocycles. The Morgan fingerprint density at radius 2 is 1.88 bits per heavy atom. The van der Waals surface area contributed by atoms with Crippen molar-refractivity contribution in [2.24, 2.45) is 0 Å². The molecule has 2 aromatic rings. The number of nitriles is 1. The second-order valence-electron chi connectivity index (χ2n) is 6.29. The molecule has 4 nitrogen and oxygen atoms in total. The molecule has 0 unspecified atom stereocenters. The van der Waals surface area contributed by atoms with E-state index in [1.807, 2.05) is 18.2 Å². The molecule has 26 heavy (non-hydrogen) atoms. The van der Waals surface area contributed by atoms with Crippen LogP contribution in [-0.2, 0) is 12.7 Å². The smallest absolute Gasteiger partial charge is 0.380 e. The van der Waals surface area contributed by atoms with Crippen LogP contribution in [0.25, 0.3) is 0 Å². The normalized spacial score (nSPS) is 14.8. The molecule has 136 valence electrons. The number of rotatable bonds is 4. The lowest BCUT2D eigenvalue weighted by atomic mass is 10.1. The SMILES string of the molecule is N#Cc1cc(C(F)(F)F)ccc1NCc1ccnc(N2CCCCC2)c1. The fourth-order valence-corrected chi connectivity index (χ4v) is 3.03. The van der Waals surface area contributed by atoms with Crippen LogP contribution in [0.1, 0.15) is 36.0 Å². The van der Waals surface area contributed by atoms with Crippen molar-refractivity contribution in [3.63, 3.8) is 0 Å². The van der Waals surface area contributed by atoms with E-state index in [4.69, 9.17) is 5.26 Å². The molecule has 0 spiro atoms. The predicted molar refractivity (Wildman–Crippen MR) is 93.8 cm³/mol. The first-order chi connectivity index (χ1) is 12.5. The molecule has 1 saturated heterocycles. The van der Waals surface area contributed by atoms with E-state index in [1.54, 1.807) is 6.20 Å². The van der Waals surface area contributed by atoms with E-state index in [-0.39, 0.29) is 5.56 Å².